The predicted octanol–water partition coefficient (Wildman–Crippen LogP) is 2.23. The van der Waals surface area contributed by atoms with Gasteiger partial charge >= 0.3 is 0 Å². The monoisotopic (exact) mass is 305 g/mol. The quantitative estimate of drug-likeness (QED) is 0.294. The van der Waals surface area contributed by atoms with E-state index in [0.29, 0.717) is 12.1 Å². The standard InChI is InChI=1S/C7H9BrN2S.C2H3NO2/c8-7-2-1-6(4-10-7)3-9-5-11;1-2-3(4)5/h1-2,4,9,11H,3,5H2;2H,1H2. The maximum absolute atomic E-state index is 9.06. The number of halogens is 1. The van der Waals surface area contributed by atoms with E-state index in [4.69, 9.17) is 10.1 Å². The molecule has 0 fully saturated rings. The number of nitrogens with one attached hydrogen (secondary N) is 1. The zero-order valence-corrected chi connectivity index (χ0v) is 10.9. The van der Waals surface area contributed by atoms with E-state index in [9.17, 15) is 0 Å². The molecule has 0 aliphatic rings. The summed E-state index contributed by atoms with van der Waals surface area (Å²) in [6.45, 7) is 3.68. The zero-order chi connectivity index (χ0) is 12.4. The fraction of sp³-hybridized carbons (Fsp3) is 0.222. The van der Waals surface area contributed by atoms with Crippen molar-refractivity contribution in [2.75, 3.05) is 5.88 Å². The molecule has 0 aliphatic carbocycles. The van der Waals surface area contributed by atoms with Crippen molar-refractivity contribution in [1.82, 2.24) is 10.3 Å². The SMILES string of the molecule is C=C[N+](=O)[O-].SCNCc1ccc(Br)nc1. The number of nitro groups is 1. The lowest BCUT2D eigenvalue weighted by Gasteiger charge is -1.99. The van der Waals surface area contributed by atoms with E-state index < -0.39 is 4.92 Å². The third kappa shape index (κ3) is 8.39. The smallest absolute Gasteiger partial charge is 0.227 e. The largest absolute Gasteiger partial charge is 0.304 e. The third-order valence-electron chi connectivity index (χ3n) is 1.38. The molecule has 5 nitrogen and oxygen atoms in total. The predicted molar refractivity (Wildman–Crippen MR) is 69.8 cm³/mol. The van der Waals surface area contributed by atoms with Gasteiger partial charge in [-0.25, -0.2) is 4.98 Å². The lowest BCUT2D eigenvalue weighted by atomic mass is 10.3. The number of rotatable bonds is 4. The topological polar surface area (TPSA) is 68.1 Å². The third-order valence-corrected chi connectivity index (χ3v) is 2.07. The lowest BCUT2D eigenvalue weighted by Crippen LogP contribution is -2.10. The highest BCUT2D eigenvalue weighted by Gasteiger charge is 1.91. The van der Waals surface area contributed by atoms with Crippen molar-refractivity contribution < 1.29 is 4.92 Å². The van der Waals surface area contributed by atoms with E-state index in [0.717, 1.165) is 11.1 Å². The first-order valence-corrected chi connectivity index (χ1v) is 5.70. The van der Waals surface area contributed by atoms with Crippen LogP contribution in [0.4, 0.5) is 0 Å². The summed E-state index contributed by atoms with van der Waals surface area (Å²) >= 11 is 7.30. The summed E-state index contributed by atoms with van der Waals surface area (Å²) in [6.07, 6.45) is 2.47. The second-order valence-electron chi connectivity index (χ2n) is 2.54. The second kappa shape index (κ2) is 9.32. The number of thiol groups is 1. The minimum Gasteiger partial charge on any atom is -0.304 e. The van der Waals surface area contributed by atoms with Crippen LogP contribution in [-0.4, -0.2) is 15.8 Å². The van der Waals surface area contributed by atoms with Crippen molar-refractivity contribution >= 4 is 28.6 Å². The van der Waals surface area contributed by atoms with Crippen LogP contribution >= 0.6 is 28.6 Å². The molecule has 0 atom stereocenters. The summed E-state index contributed by atoms with van der Waals surface area (Å²) in [5.74, 6) is 0.691. The Morgan fingerprint density at radius 3 is 2.69 bits per heavy atom. The molecule has 1 N–H and O–H groups in total. The summed E-state index contributed by atoms with van der Waals surface area (Å²) in [7, 11) is 0. The van der Waals surface area contributed by atoms with Crippen LogP contribution in [-0.2, 0) is 6.54 Å². The van der Waals surface area contributed by atoms with Gasteiger partial charge in [0, 0.05) is 18.6 Å². The molecule has 0 amide bonds. The molecule has 0 radical (unpaired) electrons. The summed E-state index contributed by atoms with van der Waals surface area (Å²) in [5.41, 5.74) is 1.17. The molecule has 1 aromatic heterocycles. The second-order valence-corrected chi connectivity index (χ2v) is 3.67. The molecular weight excluding hydrogens is 294 g/mol. The first-order valence-electron chi connectivity index (χ1n) is 4.28. The average Bonchev–Trinajstić information content (AvgIpc) is 2.29. The fourth-order valence-electron chi connectivity index (χ4n) is 0.711. The first kappa shape index (κ1) is 15.1. The van der Waals surface area contributed by atoms with Gasteiger partial charge < -0.3 is 5.32 Å². The Morgan fingerprint density at radius 2 is 2.31 bits per heavy atom. The van der Waals surface area contributed by atoms with Crippen LogP contribution in [0.25, 0.3) is 0 Å². The van der Waals surface area contributed by atoms with E-state index in [2.05, 4.69) is 45.4 Å². The Balaban J connectivity index is 0.000000385. The van der Waals surface area contributed by atoms with Crippen molar-refractivity contribution in [1.29, 1.82) is 0 Å². The normalized spacial score (nSPS) is 8.88. The molecular formula is C9H12BrN3O2S. The highest BCUT2D eigenvalue weighted by Crippen LogP contribution is 2.05. The highest BCUT2D eigenvalue weighted by molar-refractivity contribution is 9.10. The van der Waals surface area contributed by atoms with Crippen molar-refractivity contribution in [2.45, 2.75) is 6.54 Å². The van der Waals surface area contributed by atoms with E-state index in [-0.39, 0.29) is 0 Å². The van der Waals surface area contributed by atoms with Crippen molar-refractivity contribution in [3.63, 3.8) is 0 Å². The van der Waals surface area contributed by atoms with Crippen LogP contribution in [0.15, 0.2) is 35.7 Å². The Bertz CT molecular complexity index is 332. The van der Waals surface area contributed by atoms with Gasteiger partial charge in [-0.05, 0) is 34.1 Å². The van der Waals surface area contributed by atoms with Crippen LogP contribution in [0.3, 0.4) is 0 Å². The minimum atomic E-state index is -0.611. The van der Waals surface area contributed by atoms with Crippen LogP contribution in [0.1, 0.15) is 5.56 Å². The van der Waals surface area contributed by atoms with Crippen LogP contribution in [0.2, 0.25) is 0 Å². The van der Waals surface area contributed by atoms with Crippen LogP contribution in [0.5, 0.6) is 0 Å². The molecule has 1 rings (SSSR count). The van der Waals surface area contributed by atoms with Crippen molar-refractivity contribution in [2.24, 2.45) is 0 Å². The fourth-order valence-corrected chi connectivity index (χ4v) is 1.06. The molecule has 0 saturated carbocycles. The molecule has 0 aromatic carbocycles. The van der Waals surface area contributed by atoms with Gasteiger partial charge in [0.2, 0.25) is 6.20 Å². The molecule has 0 aliphatic heterocycles. The first-order chi connectivity index (χ1) is 7.60. The molecule has 7 heteroatoms. The number of pyridine rings is 1. The number of hydrogen-bond donors (Lipinski definition) is 2. The molecule has 1 heterocycles. The van der Waals surface area contributed by atoms with Gasteiger partial charge in [0.1, 0.15) is 4.60 Å². The van der Waals surface area contributed by atoms with Crippen molar-refractivity contribution in [3.05, 3.63) is 51.4 Å². The van der Waals surface area contributed by atoms with Gasteiger partial charge in [0.05, 0.1) is 4.92 Å². The van der Waals surface area contributed by atoms with Gasteiger partial charge in [-0.1, -0.05) is 6.07 Å². The van der Waals surface area contributed by atoms with E-state index in [1.165, 1.54) is 5.56 Å². The van der Waals surface area contributed by atoms with Gasteiger partial charge in [0.25, 0.3) is 0 Å². The Hall–Kier alpha value is -0.920. The molecule has 0 unspecified atom stereocenters. The Kier molecular flexibility index (Phi) is 8.78. The van der Waals surface area contributed by atoms with Gasteiger partial charge in [0.15, 0.2) is 0 Å². The van der Waals surface area contributed by atoms with Gasteiger partial charge in [-0.3, -0.25) is 10.1 Å². The summed E-state index contributed by atoms with van der Waals surface area (Å²) < 4.78 is 0.868. The van der Waals surface area contributed by atoms with Crippen LogP contribution in [0, 0.1) is 10.1 Å². The maximum Gasteiger partial charge on any atom is 0.227 e. The number of hydrogen-bond acceptors (Lipinski definition) is 5. The van der Waals surface area contributed by atoms with E-state index >= 15 is 0 Å². The average molecular weight is 306 g/mol. The zero-order valence-electron chi connectivity index (χ0n) is 8.47. The number of nitrogens with zero attached hydrogens (tertiary/aromatic N) is 2. The summed E-state index contributed by atoms with van der Waals surface area (Å²) in [6, 6.07) is 3.95. The van der Waals surface area contributed by atoms with Gasteiger partial charge in [-0.15, -0.1) is 0 Å². The molecule has 0 saturated heterocycles. The van der Waals surface area contributed by atoms with E-state index in [1.54, 1.807) is 0 Å². The molecule has 88 valence electrons. The molecule has 1 aromatic rings. The summed E-state index contributed by atoms with van der Waals surface area (Å²) in [4.78, 5) is 12.5. The number of aromatic nitrogens is 1. The minimum absolute atomic E-state index is 0.611. The maximum atomic E-state index is 9.06. The van der Waals surface area contributed by atoms with Crippen LogP contribution < -0.4 is 5.32 Å². The molecule has 0 spiro atoms. The lowest BCUT2D eigenvalue weighted by molar-refractivity contribution is -0.401. The van der Waals surface area contributed by atoms with E-state index in [1.807, 2.05) is 18.3 Å². The highest BCUT2D eigenvalue weighted by atomic mass is 79.9. The van der Waals surface area contributed by atoms with Crippen molar-refractivity contribution in [3.8, 4) is 0 Å². The molecule has 0 bridgehead atoms. The summed E-state index contributed by atoms with van der Waals surface area (Å²) in [5, 5.41) is 12.1. The molecule has 16 heavy (non-hydrogen) atoms. The Morgan fingerprint density at radius 1 is 1.69 bits per heavy atom. The van der Waals surface area contributed by atoms with Gasteiger partial charge in [-0.2, -0.15) is 12.6 Å². The Labute approximate surface area is 108 Å².